The fraction of sp³-hybridized carbons (Fsp3) is 0.538. The number of nitrogens with one attached hydrogen (secondary N) is 1. The van der Waals surface area contributed by atoms with Gasteiger partial charge in [0.15, 0.2) is 0 Å². The molecule has 0 spiro atoms. The smallest absolute Gasteiger partial charge is 0.383 e. The summed E-state index contributed by atoms with van der Waals surface area (Å²) >= 11 is 2.92. The zero-order valence-corrected chi connectivity index (χ0v) is 12.2. The SMILES string of the molecule is CC(C)CC(C)Nc1ccc(Br)c(C(F)(F)F)c1. The number of anilines is 1. The highest BCUT2D eigenvalue weighted by Crippen LogP contribution is 2.36. The van der Waals surface area contributed by atoms with Crippen molar-refractivity contribution >= 4 is 21.6 Å². The number of hydrogen-bond acceptors (Lipinski definition) is 1. The molecule has 0 amide bonds. The lowest BCUT2D eigenvalue weighted by Crippen LogP contribution is -2.18. The normalized spacial score (nSPS) is 13.8. The quantitative estimate of drug-likeness (QED) is 0.791. The molecule has 1 unspecified atom stereocenters. The third kappa shape index (κ3) is 4.52. The van der Waals surface area contributed by atoms with E-state index < -0.39 is 11.7 Å². The first-order valence-corrected chi connectivity index (χ1v) is 6.62. The largest absolute Gasteiger partial charge is 0.417 e. The molecule has 0 radical (unpaired) electrons. The van der Waals surface area contributed by atoms with Crippen LogP contribution in [0.4, 0.5) is 18.9 Å². The molecule has 1 nitrogen and oxygen atoms in total. The summed E-state index contributed by atoms with van der Waals surface area (Å²) < 4.78 is 38.2. The molecular weight excluding hydrogens is 307 g/mol. The summed E-state index contributed by atoms with van der Waals surface area (Å²) in [6.45, 7) is 6.14. The zero-order valence-electron chi connectivity index (χ0n) is 10.6. The Morgan fingerprint density at radius 1 is 1.22 bits per heavy atom. The third-order valence-corrected chi connectivity index (χ3v) is 3.20. The molecule has 0 saturated heterocycles. The summed E-state index contributed by atoms with van der Waals surface area (Å²) in [5.74, 6) is 0.505. The van der Waals surface area contributed by atoms with Crippen molar-refractivity contribution in [3.63, 3.8) is 0 Å². The molecular formula is C13H17BrF3N. The van der Waals surface area contributed by atoms with Crippen LogP contribution in [0.2, 0.25) is 0 Å². The van der Waals surface area contributed by atoms with Crippen LogP contribution in [0.1, 0.15) is 32.8 Å². The molecule has 0 fully saturated rings. The van der Waals surface area contributed by atoms with E-state index in [9.17, 15) is 13.2 Å². The maximum atomic E-state index is 12.7. The van der Waals surface area contributed by atoms with Crippen LogP contribution in [0, 0.1) is 5.92 Å². The Morgan fingerprint density at radius 3 is 2.33 bits per heavy atom. The summed E-state index contributed by atoms with van der Waals surface area (Å²) in [5.41, 5.74) is -0.150. The van der Waals surface area contributed by atoms with E-state index in [2.05, 4.69) is 35.1 Å². The van der Waals surface area contributed by atoms with E-state index in [1.54, 1.807) is 6.07 Å². The summed E-state index contributed by atoms with van der Waals surface area (Å²) in [5, 5.41) is 3.09. The molecule has 0 aliphatic carbocycles. The summed E-state index contributed by atoms with van der Waals surface area (Å²) in [7, 11) is 0. The van der Waals surface area contributed by atoms with Gasteiger partial charge in [-0.25, -0.2) is 0 Å². The summed E-state index contributed by atoms with van der Waals surface area (Å²) in [4.78, 5) is 0. The van der Waals surface area contributed by atoms with E-state index in [1.807, 2.05) is 6.92 Å². The predicted molar refractivity (Wildman–Crippen MR) is 71.7 cm³/mol. The van der Waals surface area contributed by atoms with Gasteiger partial charge in [0.2, 0.25) is 0 Å². The van der Waals surface area contributed by atoms with E-state index in [1.165, 1.54) is 6.07 Å². The minimum absolute atomic E-state index is 0.0667. The molecule has 102 valence electrons. The molecule has 0 aliphatic rings. The van der Waals surface area contributed by atoms with Gasteiger partial charge in [0.1, 0.15) is 0 Å². The van der Waals surface area contributed by atoms with Gasteiger partial charge in [-0.05, 0) is 37.5 Å². The Kier molecular flexibility index (Phi) is 5.08. The molecule has 0 heterocycles. The lowest BCUT2D eigenvalue weighted by Gasteiger charge is -2.18. The molecule has 0 saturated carbocycles. The van der Waals surface area contributed by atoms with Crippen LogP contribution in [0.3, 0.4) is 0 Å². The second-order valence-electron chi connectivity index (χ2n) is 4.87. The highest BCUT2D eigenvalue weighted by Gasteiger charge is 2.33. The van der Waals surface area contributed by atoms with Crippen molar-refractivity contribution in [2.24, 2.45) is 5.92 Å². The number of benzene rings is 1. The average Bonchev–Trinajstić information content (AvgIpc) is 2.17. The second-order valence-corrected chi connectivity index (χ2v) is 5.72. The molecule has 18 heavy (non-hydrogen) atoms. The lowest BCUT2D eigenvalue weighted by atomic mass is 10.0. The number of halogens is 4. The highest BCUT2D eigenvalue weighted by molar-refractivity contribution is 9.10. The van der Waals surface area contributed by atoms with Crippen molar-refractivity contribution in [3.8, 4) is 0 Å². The van der Waals surface area contributed by atoms with Crippen LogP contribution in [0.5, 0.6) is 0 Å². The number of alkyl halides is 3. The van der Waals surface area contributed by atoms with Gasteiger partial charge in [0, 0.05) is 16.2 Å². The Bertz CT molecular complexity index is 402. The van der Waals surface area contributed by atoms with E-state index in [4.69, 9.17) is 0 Å². The monoisotopic (exact) mass is 323 g/mol. The van der Waals surface area contributed by atoms with Crippen LogP contribution in [0.15, 0.2) is 22.7 Å². The molecule has 0 aromatic heterocycles. The van der Waals surface area contributed by atoms with Crippen molar-refractivity contribution in [3.05, 3.63) is 28.2 Å². The van der Waals surface area contributed by atoms with Crippen molar-refractivity contribution in [1.82, 2.24) is 0 Å². The van der Waals surface area contributed by atoms with E-state index >= 15 is 0 Å². The van der Waals surface area contributed by atoms with Crippen LogP contribution in [-0.2, 0) is 6.18 Å². The van der Waals surface area contributed by atoms with E-state index in [-0.39, 0.29) is 10.5 Å². The van der Waals surface area contributed by atoms with Gasteiger partial charge in [0.05, 0.1) is 5.56 Å². The molecule has 5 heteroatoms. The van der Waals surface area contributed by atoms with Crippen LogP contribution >= 0.6 is 15.9 Å². The maximum Gasteiger partial charge on any atom is 0.417 e. The first-order chi connectivity index (χ1) is 8.20. The fourth-order valence-electron chi connectivity index (χ4n) is 1.88. The molecule has 1 N–H and O–H groups in total. The molecule has 0 aliphatic heterocycles. The van der Waals surface area contributed by atoms with Gasteiger partial charge in [0.25, 0.3) is 0 Å². The standard InChI is InChI=1S/C13H17BrF3N/c1-8(2)6-9(3)18-10-4-5-12(14)11(7-10)13(15,16)17/h4-5,7-9,18H,6H2,1-3H3. The Labute approximate surface area is 114 Å². The number of hydrogen-bond donors (Lipinski definition) is 1. The minimum Gasteiger partial charge on any atom is -0.383 e. The lowest BCUT2D eigenvalue weighted by molar-refractivity contribution is -0.138. The van der Waals surface area contributed by atoms with Crippen LogP contribution in [-0.4, -0.2) is 6.04 Å². The van der Waals surface area contributed by atoms with Crippen molar-refractivity contribution in [2.45, 2.75) is 39.4 Å². The predicted octanol–water partition coefficient (Wildman–Crippen LogP) is 5.31. The van der Waals surface area contributed by atoms with Gasteiger partial charge >= 0.3 is 6.18 Å². The van der Waals surface area contributed by atoms with Gasteiger partial charge in [-0.3, -0.25) is 0 Å². The van der Waals surface area contributed by atoms with Crippen LogP contribution in [0.25, 0.3) is 0 Å². The van der Waals surface area contributed by atoms with E-state index in [0.717, 1.165) is 12.5 Å². The van der Waals surface area contributed by atoms with Gasteiger partial charge in [-0.15, -0.1) is 0 Å². The summed E-state index contributed by atoms with van der Waals surface area (Å²) in [6.07, 6.45) is -3.42. The zero-order chi connectivity index (χ0) is 13.9. The molecule has 0 bridgehead atoms. The highest BCUT2D eigenvalue weighted by atomic mass is 79.9. The van der Waals surface area contributed by atoms with Gasteiger partial charge in [-0.2, -0.15) is 13.2 Å². The fourth-order valence-corrected chi connectivity index (χ4v) is 2.35. The van der Waals surface area contributed by atoms with Gasteiger partial charge < -0.3 is 5.32 Å². The van der Waals surface area contributed by atoms with Gasteiger partial charge in [-0.1, -0.05) is 29.8 Å². The van der Waals surface area contributed by atoms with Crippen molar-refractivity contribution in [1.29, 1.82) is 0 Å². The first-order valence-electron chi connectivity index (χ1n) is 5.83. The Balaban J connectivity index is 2.86. The molecule has 1 aromatic carbocycles. The molecule has 1 atom stereocenters. The first kappa shape index (κ1) is 15.3. The Hall–Kier alpha value is -0.710. The number of rotatable bonds is 4. The third-order valence-electron chi connectivity index (χ3n) is 2.51. The topological polar surface area (TPSA) is 12.0 Å². The Morgan fingerprint density at radius 2 is 1.83 bits per heavy atom. The second kappa shape index (κ2) is 5.95. The minimum atomic E-state index is -4.34. The summed E-state index contributed by atoms with van der Waals surface area (Å²) in [6, 6.07) is 4.36. The van der Waals surface area contributed by atoms with E-state index in [0.29, 0.717) is 11.6 Å². The van der Waals surface area contributed by atoms with Crippen molar-refractivity contribution in [2.75, 3.05) is 5.32 Å². The van der Waals surface area contributed by atoms with Crippen LogP contribution < -0.4 is 5.32 Å². The average molecular weight is 324 g/mol. The molecule has 1 aromatic rings. The molecule has 1 rings (SSSR count). The van der Waals surface area contributed by atoms with Crippen molar-refractivity contribution < 1.29 is 13.2 Å². The maximum absolute atomic E-state index is 12.7.